The van der Waals surface area contributed by atoms with Crippen molar-refractivity contribution < 1.29 is 9.59 Å². The summed E-state index contributed by atoms with van der Waals surface area (Å²) < 4.78 is 0. The van der Waals surface area contributed by atoms with Crippen molar-refractivity contribution in [3.63, 3.8) is 0 Å². The van der Waals surface area contributed by atoms with Crippen LogP contribution in [0.2, 0.25) is 0 Å². The molecule has 3 rings (SSSR count). The number of likely N-dealkylation sites (tertiary alicyclic amines) is 1. The van der Waals surface area contributed by atoms with Crippen LogP contribution in [0.3, 0.4) is 0 Å². The Hall–Kier alpha value is -1.91. The molecule has 2 amide bonds. The summed E-state index contributed by atoms with van der Waals surface area (Å²) >= 11 is 2.92. The Balaban J connectivity index is 1.78. The van der Waals surface area contributed by atoms with Gasteiger partial charge in [0.15, 0.2) is 0 Å². The lowest BCUT2D eigenvalue weighted by molar-refractivity contribution is -0.127. The Labute approximate surface area is 162 Å². The fourth-order valence-corrected chi connectivity index (χ4v) is 4.63. The van der Waals surface area contributed by atoms with Crippen molar-refractivity contribution in [2.75, 3.05) is 25.1 Å². The molecule has 2 heterocycles. The van der Waals surface area contributed by atoms with Gasteiger partial charge in [-0.2, -0.15) is 5.26 Å². The van der Waals surface area contributed by atoms with Gasteiger partial charge in [-0.15, -0.1) is 11.8 Å². The summed E-state index contributed by atoms with van der Waals surface area (Å²) in [7, 11) is 0. The van der Waals surface area contributed by atoms with E-state index in [1.54, 1.807) is 11.8 Å². The molecule has 0 bridgehead atoms. The number of hydrogen-bond donors (Lipinski definition) is 1. The second-order valence-corrected chi connectivity index (χ2v) is 8.17. The minimum Gasteiger partial charge on any atom is -0.342 e. The predicted octanol–water partition coefficient (Wildman–Crippen LogP) is 3.10. The van der Waals surface area contributed by atoms with Crippen LogP contribution in [0.5, 0.6) is 0 Å². The number of nitriles is 1. The van der Waals surface area contributed by atoms with Crippen molar-refractivity contribution in [3.8, 4) is 6.07 Å². The number of benzene rings is 1. The molecule has 136 valence electrons. The first-order valence-electron chi connectivity index (χ1n) is 8.61. The van der Waals surface area contributed by atoms with E-state index in [-0.39, 0.29) is 29.9 Å². The summed E-state index contributed by atoms with van der Waals surface area (Å²) in [6, 6.07) is 10.2. The minimum absolute atomic E-state index is 0.0676. The fourth-order valence-electron chi connectivity index (χ4n) is 3.25. The Morgan fingerprint density at radius 1 is 1.31 bits per heavy atom. The largest absolute Gasteiger partial charge is 0.342 e. The maximum absolute atomic E-state index is 12.3. The topological polar surface area (TPSA) is 73.2 Å². The van der Waals surface area contributed by atoms with Crippen LogP contribution in [0.4, 0.5) is 0 Å². The van der Waals surface area contributed by atoms with Crippen LogP contribution < -0.4 is 5.32 Å². The lowest BCUT2D eigenvalue weighted by atomic mass is 9.87. The lowest BCUT2D eigenvalue weighted by Crippen LogP contribution is -2.33. The number of carbonyl (C=O) groups is 2. The van der Waals surface area contributed by atoms with Crippen molar-refractivity contribution in [1.82, 2.24) is 10.2 Å². The second-order valence-electron chi connectivity index (χ2n) is 6.31. The SMILES string of the molecule is CSc1ccc([C@@H]2CC(=O)NC(SCC(=O)N3CCCC3)=C2C#N)cc1. The van der Waals surface area contributed by atoms with E-state index in [4.69, 9.17) is 0 Å². The normalized spacial score (nSPS) is 20.1. The molecule has 0 aliphatic carbocycles. The second kappa shape index (κ2) is 8.65. The molecule has 1 aromatic rings. The number of rotatable bonds is 5. The van der Waals surface area contributed by atoms with E-state index in [0.717, 1.165) is 36.4 Å². The molecule has 5 nitrogen and oxygen atoms in total. The van der Waals surface area contributed by atoms with E-state index in [1.807, 2.05) is 35.4 Å². The quantitative estimate of drug-likeness (QED) is 0.786. The lowest BCUT2D eigenvalue weighted by Gasteiger charge is -2.25. The van der Waals surface area contributed by atoms with Crippen LogP contribution in [-0.2, 0) is 9.59 Å². The molecule has 1 saturated heterocycles. The standard InChI is InChI=1S/C19H21N3O2S2/c1-25-14-6-4-13(5-7-14)15-10-17(23)21-19(16(15)11-20)26-12-18(24)22-8-2-3-9-22/h4-7,15H,2-3,8-10,12H2,1H3,(H,21,23)/t15-/m0/s1. The molecule has 1 aromatic carbocycles. The molecule has 26 heavy (non-hydrogen) atoms. The van der Waals surface area contributed by atoms with Crippen molar-refractivity contribution in [1.29, 1.82) is 5.26 Å². The van der Waals surface area contributed by atoms with E-state index in [2.05, 4.69) is 11.4 Å². The first-order valence-corrected chi connectivity index (χ1v) is 10.8. The van der Waals surface area contributed by atoms with Crippen molar-refractivity contribution in [2.24, 2.45) is 0 Å². The predicted molar refractivity (Wildman–Crippen MR) is 105 cm³/mol. The zero-order chi connectivity index (χ0) is 18.5. The van der Waals surface area contributed by atoms with Gasteiger partial charge in [0.2, 0.25) is 11.8 Å². The van der Waals surface area contributed by atoms with Crippen LogP contribution in [0, 0.1) is 11.3 Å². The zero-order valence-corrected chi connectivity index (χ0v) is 16.3. The van der Waals surface area contributed by atoms with Gasteiger partial charge in [-0.05, 0) is 36.8 Å². The Bertz CT molecular complexity index is 762. The Morgan fingerprint density at radius 3 is 2.62 bits per heavy atom. The van der Waals surface area contributed by atoms with E-state index >= 15 is 0 Å². The number of carbonyl (C=O) groups excluding carboxylic acids is 2. The van der Waals surface area contributed by atoms with Crippen LogP contribution in [-0.4, -0.2) is 41.8 Å². The number of allylic oxidation sites excluding steroid dienone is 1. The third-order valence-electron chi connectivity index (χ3n) is 4.67. The molecule has 2 aliphatic heterocycles. The molecule has 1 atom stereocenters. The minimum atomic E-state index is -0.256. The molecule has 0 unspecified atom stereocenters. The molecule has 0 spiro atoms. The van der Waals surface area contributed by atoms with Gasteiger partial charge in [0.05, 0.1) is 22.4 Å². The highest BCUT2D eigenvalue weighted by Gasteiger charge is 2.30. The van der Waals surface area contributed by atoms with Crippen LogP contribution >= 0.6 is 23.5 Å². The Morgan fingerprint density at radius 2 is 2.00 bits per heavy atom. The van der Waals surface area contributed by atoms with Gasteiger partial charge in [0, 0.05) is 30.3 Å². The fraction of sp³-hybridized carbons (Fsp3) is 0.421. The first kappa shape index (κ1) is 18.9. The van der Waals surface area contributed by atoms with Gasteiger partial charge in [-0.25, -0.2) is 0 Å². The molecular formula is C19H21N3O2S2. The van der Waals surface area contributed by atoms with Crippen molar-refractivity contribution >= 4 is 35.3 Å². The monoisotopic (exact) mass is 387 g/mol. The van der Waals surface area contributed by atoms with Crippen LogP contribution in [0.25, 0.3) is 0 Å². The molecule has 0 aromatic heterocycles. The maximum Gasteiger partial charge on any atom is 0.232 e. The molecule has 2 aliphatic rings. The third-order valence-corrected chi connectivity index (χ3v) is 6.42. The number of nitrogens with one attached hydrogen (secondary N) is 1. The zero-order valence-electron chi connectivity index (χ0n) is 14.7. The van der Waals surface area contributed by atoms with Crippen LogP contribution in [0.15, 0.2) is 39.8 Å². The molecule has 1 N–H and O–H groups in total. The van der Waals surface area contributed by atoms with E-state index < -0.39 is 0 Å². The van der Waals surface area contributed by atoms with Gasteiger partial charge in [-0.1, -0.05) is 23.9 Å². The van der Waals surface area contributed by atoms with Crippen molar-refractivity contribution in [3.05, 3.63) is 40.4 Å². The van der Waals surface area contributed by atoms with Gasteiger partial charge in [0.25, 0.3) is 0 Å². The van der Waals surface area contributed by atoms with Crippen LogP contribution in [0.1, 0.15) is 30.7 Å². The average Bonchev–Trinajstić information content (AvgIpc) is 3.20. The van der Waals surface area contributed by atoms with E-state index in [1.165, 1.54) is 11.8 Å². The van der Waals surface area contributed by atoms with Gasteiger partial charge in [-0.3, -0.25) is 9.59 Å². The molecule has 0 radical (unpaired) electrons. The summed E-state index contributed by atoms with van der Waals surface area (Å²) in [5.74, 6) is -0.0510. The highest BCUT2D eigenvalue weighted by atomic mass is 32.2. The highest BCUT2D eigenvalue weighted by molar-refractivity contribution is 8.03. The molecule has 7 heteroatoms. The average molecular weight is 388 g/mol. The number of hydrogen-bond acceptors (Lipinski definition) is 5. The molecular weight excluding hydrogens is 366 g/mol. The molecule has 0 saturated carbocycles. The van der Waals surface area contributed by atoms with Crippen molar-refractivity contribution in [2.45, 2.75) is 30.1 Å². The first-order chi connectivity index (χ1) is 12.6. The van der Waals surface area contributed by atoms with E-state index in [9.17, 15) is 14.9 Å². The number of amides is 2. The molecule has 1 fully saturated rings. The summed E-state index contributed by atoms with van der Waals surface area (Å²) in [6.07, 6.45) is 4.36. The maximum atomic E-state index is 12.3. The van der Waals surface area contributed by atoms with Gasteiger partial charge in [0.1, 0.15) is 0 Å². The summed E-state index contributed by atoms with van der Waals surface area (Å²) in [6.45, 7) is 1.61. The number of nitrogens with zero attached hydrogens (tertiary/aromatic N) is 2. The third kappa shape index (κ3) is 4.25. The Kier molecular flexibility index (Phi) is 6.28. The van der Waals surface area contributed by atoms with Gasteiger partial charge >= 0.3 is 0 Å². The highest BCUT2D eigenvalue weighted by Crippen LogP contribution is 2.36. The number of thioether (sulfide) groups is 2. The van der Waals surface area contributed by atoms with E-state index in [0.29, 0.717) is 10.6 Å². The summed E-state index contributed by atoms with van der Waals surface area (Å²) in [4.78, 5) is 27.4. The smallest absolute Gasteiger partial charge is 0.232 e. The van der Waals surface area contributed by atoms with Gasteiger partial charge < -0.3 is 10.2 Å². The summed E-state index contributed by atoms with van der Waals surface area (Å²) in [5, 5.41) is 13.0. The summed E-state index contributed by atoms with van der Waals surface area (Å²) in [5.41, 5.74) is 1.50.